The first-order valence-electron chi connectivity index (χ1n) is 11.3. The van der Waals surface area contributed by atoms with Crippen molar-refractivity contribution in [2.24, 2.45) is 0 Å². The third-order valence-corrected chi connectivity index (χ3v) is 6.18. The fraction of sp³-hybridized carbons (Fsp3) is 0.458. The number of carbonyl (C=O) groups is 1. The van der Waals surface area contributed by atoms with Crippen molar-refractivity contribution in [2.75, 3.05) is 12.4 Å². The maximum Gasteiger partial charge on any atom is 0.435 e. The second kappa shape index (κ2) is 9.52. The summed E-state index contributed by atoms with van der Waals surface area (Å²) < 4.78 is 48.9. The van der Waals surface area contributed by atoms with Crippen molar-refractivity contribution < 1.29 is 22.7 Å². The number of carbonyl (C=O) groups excluding carboxylic acids is 1. The van der Waals surface area contributed by atoms with Gasteiger partial charge in [0.25, 0.3) is 0 Å². The molecule has 182 valence electrons. The van der Waals surface area contributed by atoms with Crippen LogP contribution in [-0.4, -0.2) is 32.6 Å². The second-order valence-corrected chi connectivity index (χ2v) is 8.59. The van der Waals surface area contributed by atoms with E-state index >= 15 is 0 Å². The van der Waals surface area contributed by atoms with E-state index in [-0.39, 0.29) is 12.1 Å². The third-order valence-electron chi connectivity index (χ3n) is 6.18. The molecule has 0 saturated heterocycles. The van der Waals surface area contributed by atoms with Crippen molar-refractivity contribution in [1.82, 2.24) is 19.6 Å². The number of rotatable bonds is 6. The lowest BCUT2D eigenvalue weighted by molar-refractivity contribution is -0.142. The van der Waals surface area contributed by atoms with Crippen LogP contribution in [0.25, 0.3) is 0 Å². The minimum Gasteiger partial charge on any atom is -0.497 e. The van der Waals surface area contributed by atoms with Crippen LogP contribution in [0.2, 0.25) is 0 Å². The van der Waals surface area contributed by atoms with Crippen molar-refractivity contribution >= 4 is 11.6 Å². The van der Waals surface area contributed by atoms with E-state index in [0.717, 1.165) is 29.8 Å². The molecule has 7 nitrogen and oxygen atoms in total. The average molecular weight is 476 g/mol. The molecule has 0 bridgehead atoms. The summed E-state index contributed by atoms with van der Waals surface area (Å²) in [4.78, 5) is 12.9. The molecule has 0 saturated carbocycles. The maximum atomic E-state index is 13.5. The Hall–Kier alpha value is -3.30. The van der Waals surface area contributed by atoms with Crippen LogP contribution < -0.4 is 10.1 Å². The average Bonchev–Trinajstić information content (AvgIpc) is 3.12. The van der Waals surface area contributed by atoms with Crippen LogP contribution >= 0.6 is 0 Å². The molecule has 1 aliphatic rings. The molecule has 0 spiro atoms. The standard InChI is InChI=1S/C24H28F3N5O2/c1-15-22(16(2)31(29-15)13-17-8-7-9-18(12-17)34-3)28-21(33)14-32-20-11-6-4-5-10-19(20)23(30-32)24(25,26)27/h7-9,12H,4-6,10-11,13-14H2,1-3H3,(H,28,33). The summed E-state index contributed by atoms with van der Waals surface area (Å²) in [5, 5.41) is 11.2. The summed E-state index contributed by atoms with van der Waals surface area (Å²) in [6.45, 7) is 3.84. The molecule has 0 atom stereocenters. The van der Waals surface area contributed by atoms with Crippen molar-refractivity contribution in [3.63, 3.8) is 0 Å². The summed E-state index contributed by atoms with van der Waals surface area (Å²) >= 11 is 0. The topological polar surface area (TPSA) is 74.0 Å². The fourth-order valence-corrected chi connectivity index (χ4v) is 4.50. The predicted octanol–water partition coefficient (Wildman–Crippen LogP) is 4.68. The number of alkyl halides is 3. The Morgan fingerprint density at radius 1 is 1.12 bits per heavy atom. The number of aryl methyl sites for hydroxylation is 1. The molecule has 2 aromatic heterocycles. The Morgan fingerprint density at radius 2 is 1.88 bits per heavy atom. The molecule has 1 aliphatic carbocycles. The number of nitrogens with one attached hydrogen (secondary N) is 1. The minimum absolute atomic E-state index is 0.233. The van der Waals surface area contributed by atoms with Crippen LogP contribution in [0.5, 0.6) is 5.75 Å². The van der Waals surface area contributed by atoms with Gasteiger partial charge in [-0.1, -0.05) is 18.6 Å². The van der Waals surface area contributed by atoms with Gasteiger partial charge in [0.15, 0.2) is 5.69 Å². The molecule has 0 radical (unpaired) electrons. The van der Waals surface area contributed by atoms with Crippen molar-refractivity contribution in [3.8, 4) is 5.75 Å². The summed E-state index contributed by atoms with van der Waals surface area (Å²) in [5.41, 5.74) is 2.81. The van der Waals surface area contributed by atoms with Gasteiger partial charge in [-0.05, 0) is 57.2 Å². The maximum absolute atomic E-state index is 13.5. The van der Waals surface area contributed by atoms with E-state index < -0.39 is 17.8 Å². The monoisotopic (exact) mass is 475 g/mol. The van der Waals surface area contributed by atoms with Gasteiger partial charge in [-0.15, -0.1) is 0 Å². The van der Waals surface area contributed by atoms with E-state index in [2.05, 4.69) is 15.5 Å². The van der Waals surface area contributed by atoms with Gasteiger partial charge in [-0.25, -0.2) is 0 Å². The smallest absolute Gasteiger partial charge is 0.435 e. The molecule has 1 amide bonds. The lowest BCUT2D eigenvalue weighted by Gasteiger charge is -2.10. The molecule has 0 unspecified atom stereocenters. The second-order valence-electron chi connectivity index (χ2n) is 8.59. The Morgan fingerprint density at radius 3 is 2.62 bits per heavy atom. The molecule has 10 heteroatoms. The molecule has 1 N–H and O–H groups in total. The van der Waals surface area contributed by atoms with Crippen LogP contribution in [0.1, 0.15) is 53.2 Å². The number of ether oxygens (including phenoxy) is 1. The van der Waals surface area contributed by atoms with Crippen LogP contribution in [0.15, 0.2) is 24.3 Å². The number of amides is 1. The first kappa shape index (κ1) is 23.8. The predicted molar refractivity (Wildman–Crippen MR) is 121 cm³/mol. The number of methoxy groups -OCH3 is 1. The number of fused-ring (bicyclic) bond motifs is 1. The molecule has 0 aliphatic heterocycles. The van der Waals surface area contributed by atoms with Gasteiger partial charge in [0.2, 0.25) is 5.91 Å². The number of benzene rings is 1. The van der Waals surface area contributed by atoms with Crippen molar-refractivity contribution in [2.45, 2.75) is 65.2 Å². The highest BCUT2D eigenvalue weighted by Gasteiger charge is 2.39. The van der Waals surface area contributed by atoms with Crippen LogP contribution in [-0.2, 0) is 36.9 Å². The van der Waals surface area contributed by atoms with Gasteiger partial charge in [0.05, 0.1) is 30.7 Å². The van der Waals surface area contributed by atoms with E-state index in [9.17, 15) is 18.0 Å². The first-order chi connectivity index (χ1) is 16.2. The Balaban J connectivity index is 1.53. The summed E-state index contributed by atoms with van der Waals surface area (Å²) in [6, 6.07) is 7.62. The summed E-state index contributed by atoms with van der Waals surface area (Å²) in [6.07, 6.45) is -1.37. The summed E-state index contributed by atoms with van der Waals surface area (Å²) in [7, 11) is 1.60. The van der Waals surface area contributed by atoms with E-state index in [1.54, 1.807) is 18.7 Å². The van der Waals surface area contributed by atoms with Gasteiger partial charge >= 0.3 is 6.18 Å². The molecule has 1 aromatic carbocycles. The number of halogens is 3. The SMILES string of the molecule is COc1cccc(Cn2nc(C)c(NC(=O)Cn3nc(C(F)(F)F)c4c3CCCCC4)c2C)c1. The van der Waals surface area contributed by atoms with E-state index in [0.29, 0.717) is 42.9 Å². The lowest BCUT2D eigenvalue weighted by Crippen LogP contribution is -2.22. The van der Waals surface area contributed by atoms with Gasteiger partial charge in [-0.2, -0.15) is 23.4 Å². The zero-order valence-corrected chi connectivity index (χ0v) is 19.5. The number of hydrogen-bond acceptors (Lipinski definition) is 4. The van der Waals surface area contributed by atoms with E-state index in [4.69, 9.17) is 4.74 Å². The molecular formula is C24H28F3N5O2. The zero-order valence-electron chi connectivity index (χ0n) is 19.5. The first-order valence-corrected chi connectivity index (χ1v) is 11.3. The van der Waals surface area contributed by atoms with Crippen LogP contribution in [0.3, 0.4) is 0 Å². The van der Waals surface area contributed by atoms with Crippen molar-refractivity contribution in [1.29, 1.82) is 0 Å². The number of aromatic nitrogens is 4. The summed E-state index contributed by atoms with van der Waals surface area (Å²) in [5.74, 6) is 0.305. The van der Waals surface area contributed by atoms with E-state index in [1.165, 1.54) is 4.68 Å². The van der Waals surface area contributed by atoms with Crippen molar-refractivity contribution in [3.05, 3.63) is 58.2 Å². The Bertz CT molecular complexity index is 1200. The molecule has 3 aromatic rings. The van der Waals surface area contributed by atoms with Gasteiger partial charge in [0.1, 0.15) is 12.3 Å². The molecule has 2 heterocycles. The lowest BCUT2D eigenvalue weighted by atomic mass is 10.1. The van der Waals surface area contributed by atoms with Crippen LogP contribution in [0.4, 0.5) is 18.9 Å². The van der Waals surface area contributed by atoms with Gasteiger partial charge < -0.3 is 10.1 Å². The number of hydrogen-bond donors (Lipinski definition) is 1. The fourth-order valence-electron chi connectivity index (χ4n) is 4.50. The normalized spacial score (nSPS) is 13.9. The molecular weight excluding hydrogens is 447 g/mol. The highest BCUT2D eigenvalue weighted by Crippen LogP contribution is 2.35. The number of nitrogens with zero attached hydrogens (tertiary/aromatic N) is 4. The van der Waals surface area contributed by atoms with Gasteiger partial charge in [-0.3, -0.25) is 14.2 Å². The minimum atomic E-state index is -4.54. The molecule has 34 heavy (non-hydrogen) atoms. The Labute approximate surface area is 195 Å². The van der Waals surface area contributed by atoms with E-state index in [1.807, 2.05) is 31.2 Å². The largest absolute Gasteiger partial charge is 0.497 e. The molecule has 0 fully saturated rings. The zero-order chi connectivity index (χ0) is 24.5. The quantitative estimate of drug-likeness (QED) is 0.526. The third kappa shape index (κ3) is 4.95. The highest BCUT2D eigenvalue weighted by molar-refractivity contribution is 5.91. The van der Waals surface area contributed by atoms with Crippen LogP contribution in [0, 0.1) is 13.8 Å². The Kier molecular flexibility index (Phi) is 6.67. The molecule has 4 rings (SSSR count). The van der Waals surface area contributed by atoms with Gasteiger partial charge in [0, 0.05) is 11.3 Å². The number of anilines is 1. The highest BCUT2D eigenvalue weighted by atomic mass is 19.4.